The van der Waals surface area contributed by atoms with Crippen LogP contribution in [0.5, 0.6) is 0 Å². The molecule has 0 aliphatic carbocycles. The molecule has 25 heavy (non-hydrogen) atoms. The van der Waals surface area contributed by atoms with Gasteiger partial charge in [-0.2, -0.15) is 0 Å². The third kappa shape index (κ3) is 3.12. The van der Waals surface area contributed by atoms with Crippen LogP contribution < -0.4 is 5.46 Å². The first kappa shape index (κ1) is 18.5. The van der Waals surface area contributed by atoms with Crippen molar-refractivity contribution in [2.75, 3.05) is 0 Å². The Balaban J connectivity index is 1.93. The maximum atomic E-state index is 11.2. The van der Waals surface area contributed by atoms with E-state index in [0.29, 0.717) is 10.6 Å². The van der Waals surface area contributed by atoms with Gasteiger partial charge in [-0.25, -0.2) is 4.79 Å². The molecule has 2 heterocycles. The van der Waals surface area contributed by atoms with Crippen molar-refractivity contribution in [1.82, 2.24) is 0 Å². The van der Waals surface area contributed by atoms with E-state index in [1.54, 1.807) is 19.1 Å². The second-order valence-electron chi connectivity index (χ2n) is 7.24. The molecule has 1 aromatic carbocycles. The summed E-state index contributed by atoms with van der Waals surface area (Å²) in [5.41, 5.74) is 1.76. The van der Waals surface area contributed by atoms with Crippen LogP contribution in [0.3, 0.4) is 0 Å². The van der Waals surface area contributed by atoms with Crippen LogP contribution in [-0.2, 0) is 9.31 Å². The fraction of sp³-hybridized carbons (Fsp3) is 0.389. The summed E-state index contributed by atoms with van der Waals surface area (Å²) >= 11 is 7.95. The molecule has 1 aliphatic rings. The molecule has 0 bridgehead atoms. The lowest BCUT2D eigenvalue weighted by atomic mass is 9.81. The molecule has 132 valence electrons. The highest BCUT2D eigenvalue weighted by atomic mass is 35.5. The molecule has 4 nitrogen and oxygen atoms in total. The Hall–Kier alpha value is -1.34. The van der Waals surface area contributed by atoms with Gasteiger partial charge in [0.05, 0.1) is 21.8 Å². The highest BCUT2D eigenvalue weighted by molar-refractivity contribution is 7.14. The van der Waals surface area contributed by atoms with E-state index in [4.69, 9.17) is 20.9 Å². The molecule has 0 unspecified atom stereocenters. The molecular weight excluding hydrogens is 359 g/mol. The minimum Gasteiger partial charge on any atom is -0.478 e. The van der Waals surface area contributed by atoms with Gasteiger partial charge in [0, 0.05) is 10.4 Å². The summed E-state index contributed by atoms with van der Waals surface area (Å²) in [5, 5.41) is 11.7. The molecule has 0 radical (unpaired) electrons. The highest BCUT2D eigenvalue weighted by Crippen LogP contribution is 2.38. The fourth-order valence-corrected chi connectivity index (χ4v) is 3.97. The number of aromatic carboxylic acids is 1. The Bertz CT molecular complexity index is 828. The minimum atomic E-state index is -0.977. The predicted molar refractivity (Wildman–Crippen MR) is 102 cm³/mol. The number of hydrogen-bond acceptors (Lipinski definition) is 4. The molecule has 1 saturated heterocycles. The van der Waals surface area contributed by atoms with E-state index in [1.165, 1.54) is 11.3 Å². The maximum absolute atomic E-state index is 11.2. The first-order valence-electron chi connectivity index (χ1n) is 8.00. The van der Waals surface area contributed by atoms with Crippen LogP contribution in [0.1, 0.15) is 43.6 Å². The van der Waals surface area contributed by atoms with Crippen LogP contribution in [0, 0.1) is 6.92 Å². The molecule has 3 rings (SSSR count). The summed E-state index contributed by atoms with van der Waals surface area (Å²) in [6.45, 7) is 9.80. The highest BCUT2D eigenvalue weighted by Gasteiger charge is 2.51. The van der Waals surface area contributed by atoms with E-state index in [1.807, 2.05) is 39.1 Å². The van der Waals surface area contributed by atoms with Gasteiger partial charge in [0.1, 0.15) is 0 Å². The second-order valence-corrected chi connectivity index (χ2v) is 8.53. The van der Waals surface area contributed by atoms with E-state index in [0.717, 1.165) is 15.9 Å². The zero-order chi connectivity index (χ0) is 18.6. The molecule has 1 aliphatic heterocycles. The lowest BCUT2D eigenvalue weighted by Gasteiger charge is -2.32. The lowest BCUT2D eigenvalue weighted by Crippen LogP contribution is -2.41. The Morgan fingerprint density at radius 2 is 1.80 bits per heavy atom. The normalized spacial score (nSPS) is 18.6. The number of thiophene rings is 1. The maximum Gasteiger partial charge on any atom is 0.495 e. The van der Waals surface area contributed by atoms with Gasteiger partial charge in [0.2, 0.25) is 0 Å². The summed E-state index contributed by atoms with van der Waals surface area (Å²) in [7, 11) is -0.423. The third-order valence-electron chi connectivity index (χ3n) is 5.03. The van der Waals surface area contributed by atoms with E-state index in [9.17, 15) is 9.90 Å². The first-order valence-corrected chi connectivity index (χ1v) is 9.26. The second kappa shape index (κ2) is 6.13. The van der Waals surface area contributed by atoms with Crippen LogP contribution in [0.4, 0.5) is 0 Å². The average molecular weight is 379 g/mol. The number of carboxylic acid groups (broad SMARTS) is 1. The monoisotopic (exact) mass is 378 g/mol. The summed E-state index contributed by atoms with van der Waals surface area (Å²) in [6, 6.07) is 5.33. The van der Waals surface area contributed by atoms with Crippen molar-refractivity contribution >= 4 is 41.5 Å². The van der Waals surface area contributed by atoms with Gasteiger partial charge in [-0.15, -0.1) is 11.3 Å². The Morgan fingerprint density at radius 1 is 1.20 bits per heavy atom. The van der Waals surface area contributed by atoms with E-state index in [-0.39, 0.29) is 5.56 Å². The van der Waals surface area contributed by atoms with Gasteiger partial charge in [0.25, 0.3) is 0 Å². The Kier molecular flexibility index (Phi) is 4.52. The molecule has 0 saturated carbocycles. The number of rotatable bonds is 3. The summed E-state index contributed by atoms with van der Waals surface area (Å²) in [4.78, 5) is 12.2. The average Bonchev–Trinajstić information content (AvgIpc) is 3.05. The number of carbonyl (C=O) groups is 1. The third-order valence-corrected chi connectivity index (χ3v) is 6.50. The van der Waals surface area contributed by atoms with Crippen LogP contribution in [0.2, 0.25) is 5.02 Å². The zero-order valence-corrected chi connectivity index (χ0v) is 16.4. The van der Waals surface area contributed by atoms with Crippen LogP contribution in [0.15, 0.2) is 23.6 Å². The standard InChI is InChI=1S/C18H20BClO4S/c1-10-12(16(21)22)6-7-13(15(10)20)14-8-11(9-25-14)19-23-17(2,3)18(4,5)24-19/h6-9H,1-5H3,(H,21,22). The van der Waals surface area contributed by atoms with Crippen molar-refractivity contribution in [2.45, 2.75) is 45.8 Å². The molecule has 0 atom stereocenters. The minimum absolute atomic E-state index is 0.219. The molecule has 1 aromatic heterocycles. The van der Waals surface area contributed by atoms with Gasteiger partial charge < -0.3 is 14.4 Å². The summed E-state index contributed by atoms with van der Waals surface area (Å²) in [5.74, 6) is -0.977. The van der Waals surface area contributed by atoms with Gasteiger partial charge >= 0.3 is 13.1 Å². The van der Waals surface area contributed by atoms with Gasteiger partial charge in [0.15, 0.2) is 0 Å². The smallest absolute Gasteiger partial charge is 0.478 e. The van der Waals surface area contributed by atoms with Crippen LogP contribution >= 0.6 is 22.9 Å². The lowest BCUT2D eigenvalue weighted by molar-refractivity contribution is 0.00578. The topological polar surface area (TPSA) is 55.8 Å². The molecule has 7 heteroatoms. The summed E-state index contributed by atoms with van der Waals surface area (Å²) < 4.78 is 12.2. The molecule has 1 fully saturated rings. The Morgan fingerprint density at radius 3 is 2.36 bits per heavy atom. The van der Waals surface area contributed by atoms with Crippen LogP contribution in [0.25, 0.3) is 10.4 Å². The largest absolute Gasteiger partial charge is 0.495 e. The quantitative estimate of drug-likeness (QED) is 0.806. The van der Waals surface area contributed by atoms with Gasteiger partial charge in [-0.3, -0.25) is 0 Å². The van der Waals surface area contributed by atoms with E-state index in [2.05, 4.69) is 0 Å². The molecule has 0 amide bonds. The van der Waals surface area contributed by atoms with Gasteiger partial charge in [-0.05, 0) is 63.2 Å². The molecule has 2 aromatic rings. The van der Waals surface area contributed by atoms with Crippen molar-refractivity contribution in [3.05, 3.63) is 39.7 Å². The molecule has 1 N–H and O–H groups in total. The van der Waals surface area contributed by atoms with E-state index < -0.39 is 24.3 Å². The number of benzene rings is 1. The predicted octanol–water partition coefficient (Wildman–Crippen LogP) is 4.37. The Labute approximate surface area is 156 Å². The van der Waals surface area contributed by atoms with Gasteiger partial charge in [-0.1, -0.05) is 17.7 Å². The zero-order valence-electron chi connectivity index (χ0n) is 14.8. The number of carboxylic acids is 1. The van der Waals surface area contributed by atoms with Crippen molar-refractivity contribution < 1.29 is 19.2 Å². The van der Waals surface area contributed by atoms with Crippen LogP contribution in [-0.4, -0.2) is 29.4 Å². The SMILES string of the molecule is Cc1c(C(=O)O)ccc(-c2cc(B3OC(C)(C)C(C)(C)O3)cs2)c1Cl. The van der Waals surface area contributed by atoms with E-state index >= 15 is 0 Å². The fourth-order valence-electron chi connectivity index (χ4n) is 2.70. The number of hydrogen-bond donors (Lipinski definition) is 1. The van der Waals surface area contributed by atoms with Crippen molar-refractivity contribution in [2.24, 2.45) is 0 Å². The molecular formula is C18H20BClO4S. The van der Waals surface area contributed by atoms with Crippen molar-refractivity contribution in [3.8, 4) is 10.4 Å². The molecule has 0 spiro atoms. The number of halogens is 1. The van der Waals surface area contributed by atoms with Crippen molar-refractivity contribution in [1.29, 1.82) is 0 Å². The summed E-state index contributed by atoms with van der Waals surface area (Å²) in [6.07, 6.45) is 0. The first-order chi connectivity index (χ1) is 11.5. The van der Waals surface area contributed by atoms with Crippen molar-refractivity contribution in [3.63, 3.8) is 0 Å².